The van der Waals surface area contributed by atoms with Gasteiger partial charge in [-0.1, -0.05) is 26.2 Å². The van der Waals surface area contributed by atoms with Gasteiger partial charge < -0.3 is 9.84 Å². The van der Waals surface area contributed by atoms with E-state index in [1.807, 2.05) is 0 Å². The molecule has 0 saturated heterocycles. The van der Waals surface area contributed by atoms with Crippen LogP contribution in [0.1, 0.15) is 64.7 Å². The van der Waals surface area contributed by atoms with Gasteiger partial charge in [0, 0.05) is 6.61 Å². The second kappa shape index (κ2) is 6.75. The van der Waals surface area contributed by atoms with Crippen molar-refractivity contribution in [2.24, 2.45) is 11.8 Å². The highest BCUT2D eigenvalue weighted by atomic mass is 16.5. The zero-order chi connectivity index (χ0) is 12.1. The summed E-state index contributed by atoms with van der Waals surface area (Å²) in [5, 5.41) is 9.12. The summed E-state index contributed by atoms with van der Waals surface area (Å²) >= 11 is 0. The molecular formula is C15H28O2. The van der Waals surface area contributed by atoms with E-state index < -0.39 is 0 Å². The van der Waals surface area contributed by atoms with Gasteiger partial charge in [-0.05, 0) is 50.4 Å². The Morgan fingerprint density at radius 1 is 0.941 bits per heavy atom. The minimum Gasteiger partial charge on any atom is -0.396 e. The molecule has 0 aromatic rings. The van der Waals surface area contributed by atoms with E-state index in [4.69, 9.17) is 9.84 Å². The van der Waals surface area contributed by atoms with Gasteiger partial charge in [0.2, 0.25) is 0 Å². The first kappa shape index (κ1) is 13.4. The van der Waals surface area contributed by atoms with E-state index in [9.17, 15) is 0 Å². The molecule has 0 aromatic heterocycles. The van der Waals surface area contributed by atoms with Crippen LogP contribution in [0.25, 0.3) is 0 Å². The summed E-state index contributed by atoms with van der Waals surface area (Å²) in [6, 6.07) is 0. The van der Waals surface area contributed by atoms with Crippen LogP contribution < -0.4 is 0 Å². The van der Waals surface area contributed by atoms with E-state index in [0.717, 1.165) is 18.8 Å². The Hall–Kier alpha value is -0.0800. The van der Waals surface area contributed by atoms with Crippen molar-refractivity contribution in [3.8, 4) is 0 Å². The topological polar surface area (TPSA) is 29.5 Å². The van der Waals surface area contributed by atoms with Gasteiger partial charge in [-0.15, -0.1) is 0 Å². The fourth-order valence-corrected chi connectivity index (χ4v) is 3.46. The van der Waals surface area contributed by atoms with Crippen molar-refractivity contribution in [1.82, 2.24) is 0 Å². The first-order valence-corrected chi connectivity index (χ1v) is 7.58. The van der Waals surface area contributed by atoms with Crippen molar-refractivity contribution in [2.45, 2.75) is 76.9 Å². The number of rotatable bonds is 4. The molecule has 100 valence electrons. The lowest BCUT2D eigenvalue weighted by atomic mass is 9.84. The fourth-order valence-electron chi connectivity index (χ4n) is 3.46. The maximum absolute atomic E-state index is 9.12. The molecule has 2 aliphatic rings. The third-order valence-corrected chi connectivity index (χ3v) is 4.75. The standard InChI is InChI=1S/C15H28O2/c1-2-12-4-3-5-15(10-12)17-14-8-6-13(11-16)7-9-14/h12-16H,2-11H2,1H3. The lowest BCUT2D eigenvalue weighted by Crippen LogP contribution is -2.30. The molecule has 0 radical (unpaired) electrons. The molecular weight excluding hydrogens is 212 g/mol. The lowest BCUT2D eigenvalue weighted by Gasteiger charge is -2.34. The van der Waals surface area contributed by atoms with Crippen molar-refractivity contribution in [3.63, 3.8) is 0 Å². The molecule has 2 fully saturated rings. The van der Waals surface area contributed by atoms with Gasteiger partial charge in [-0.2, -0.15) is 0 Å². The van der Waals surface area contributed by atoms with Crippen LogP contribution >= 0.6 is 0 Å². The van der Waals surface area contributed by atoms with Crippen LogP contribution in [0.3, 0.4) is 0 Å². The SMILES string of the molecule is CCC1CCCC(OC2CCC(CO)CC2)C1. The Balaban J connectivity index is 1.70. The van der Waals surface area contributed by atoms with Gasteiger partial charge >= 0.3 is 0 Å². The van der Waals surface area contributed by atoms with Crippen molar-refractivity contribution >= 4 is 0 Å². The molecule has 2 rings (SSSR count). The van der Waals surface area contributed by atoms with Gasteiger partial charge in [0.15, 0.2) is 0 Å². The molecule has 17 heavy (non-hydrogen) atoms. The van der Waals surface area contributed by atoms with Crippen molar-refractivity contribution in [1.29, 1.82) is 0 Å². The zero-order valence-electron chi connectivity index (χ0n) is 11.2. The van der Waals surface area contributed by atoms with E-state index >= 15 is 0 Å². The van der Waals surface area contributed by atoms with Crippen molar-refractivity contribution in [2.75, 3.05) is 6.61 Å². The third-order valence-electron chi connectivity index (χ3n) is 4.75. The predicted octanol–water partition coefficient (Wildman–Crippen LogP) is 3.52. The van der Waals surface area contributed by atoms with Gasteiger partial charge in [0.1, 0.15) is 0 Å². The summed E-state index contributed by atoms with van der Waals surface area (Å²) in [6.07, 6.45) is 12.3. The number of aliphatic hydroxyl groups is 1. The Labute approximate surface area is 106 Å². The molecule has 2 unspecified atom stereocenters. The molecule has 0 bridgehead atoms. The maximum Gasteiger partial charge on any atom is 0.0581 e. The molecule has 2 nitrogen and oxygen atoms in total. The van der Waals surface area contributed by atoms with E-state index in [1.54, 1.807) is 0 Å². The molecule has 0 heterocycles. The number of hydrogen-bond donors (Lipinski definition) is 1. The van der Waals surface area contributed by atoms with E-state index in [0.29, 0.717) is 24.7 Å². The molecule has 0 aromatic carbocycles. The van der Waals surface area contributed by atoms with Crippen molar-refractivity contribution < 1.29 is 9.84 Å². The first-order chi connectivity index (χ1) is 8.31. The molecule has 2 atom stereocenters. The first-order valence-electron chi connectivity index (χ1n) is 7.58. The number of hydrogen-bond acceptors (Lipinski definition) is 2. The highest BCUT2D eigenvalue weighted by Crippen LogP contribution is 2.32. The van der Waals surface area contributed by atoms with Crippen molar-refractivity contribution in [3.05, 3.63) is 0 Å². The quantitative estimate of drug-likeness (QED) is 0.814. The Bertz CT molecular complexity index is 209. The van der Waals surface area contributed by atoms with Crippen LogP contribution in [0.15, 0.2) is 0 Å². The summed E-state index contributed by atoms with van der Waals surface area (Å²) in [5.74, 6) is 1.45. The monoisotopic (exact) mass is 240 g/mol. The summed E-state index contributed by atoms with van der Waals surface area (Å²) in [7, 11) is 0. The number of ether oxygens (including phenoxy) is 1. The van der Waals surface area contributed by atoms with Crippen LogP contribution in [0.4, 0.5) is 0 Å². The minimum atomic E-state index is 0.369. The van der Waals surface area contributed by atoms with Crippen LogP contribution in [0.2, 0.25) is 0 Å². The summed E-state index contributed by atoms with van der Waals surface area (Å²) in [5.41, 5.74) is 0. The fraction of sp³-hybridized carbons (Fsp3) is 1.00. The van der Waals surface area contributed by atoms with Gasteiger partial charge in [-0.25, -0.2) is 0 Å². The second-order valence-electron chi connectivity index (χ2n) is 6.02. The van der Waals surface area contributed by atoms with Crippen LogP contribution in [-0.4, -0.2) is 23.9 Å². The molecule has 2 saturated carbocycles. The van der Waals surface area contributed by atoms with Gasteiger partial charge in [-0.3, -0.25) is 0 Å². The third kappa shape index (κ3) is 3.96. The lowest BCUT2D eigenvalue weighted by molar-refractivity contribution is -0.0621. The largest absolute Gasteiger partial charge is 0.396 e. The Kier molecular flexibility index (Phi) is 5.30. The molecule has 0 aliphatic heterocycles. The second-order valence-corrected chi connectivity index (χ2v) is 6.02. The normalized spacial score (nSPS) is 39.2. The number of aliphatic hydroxyl groups excluding tert-OH is 1. The van der Waals surface area contributed by atoms with Crippen LogP contribution in [0, 0.1) is 11.8 Å². The highest BCUT2D eigenvalue weighted by molar-refractivity contribution is 4.77. The Morgan fingerprint density at radius 3 is 2.35 bits per heavy atom. The van der Waals surface area contributed by atoms with Gasteiger partial charge in [0.25, 0.3) is 0 Å². The molecule has 1 N–H and O–H groups in total. The van der Waals surface area contributed by atoms with Crippen LogP contribution in [-0.2, 0) is 4.74 Å². The summed E-state index contributed by atoms with van der Waals surface area (Å²) < 4.78 is 6.28. The zero-order valence-corrected chi connectivity index (χ0v) is 11.2. The predicted molar refractivity (Wildman–Crippen MR) is 70.0 cm³/mol. The van der Waals surface area contributed by atoms with Crippen LogP contribution in [0.5, 0.6) is 0 Å². The van der Waals surface area contributed by atoms with E-state index in [-0.39, 0.29) is 0 Å². The van der Waals surface area contributed by atoms with Gasteiger partial charge in [0.05, 0.1) is 12.2 Å². The molecule has 0 amide bonds. The molecule has 0 spiro atoms. The highest BCUT2D eigenvalue weighted by Gasteiger charge is 2.27. The smallest absolute Gasteiger partial charge is 0.0581 e. The summed E-state index contributed by atoms with van der Waals surface area (Å²) in [4.78, 5) is 0. The molecule has 2 heteroatoms. The average Bonchev–Trinajstić information content (AvgIpc) is 2.40. The van der Waals surface area contributed by atoms with E-state index in [1.165, 1.54) is 44.9 Å². The maximum atomic E-state index is 9.12. The minimum absolute atomic E-state index is 0.369. The van der Waals surface area contributed by atoms with E-state index in [2.05, 4.69) is 6.92 Å². The summed E-state index contributed by atoms with van der Waals surface area (Å²) in [6.45, 7) is 2.67. The molecule has 2 aliphatic carbocycles. The average molecular weight is 240 g/mol. The Morgan fingerprint density at radius 2 is 1.71 bits per heavy atom.